The Morgan fingerprint density at radius 2 is 2.20 bits per heavy atom. The van der Waals surface area contributed by atoms with Gasteiger partial charge in [-0.3, -0.25) is 0 Å². The Morgan fingerprint density at radius 3 is 3.08 bits per heavy atom. The molecule has 2 N–H and O–H groups in total. The minimum atomic E-state index is 0.285. The van der Waals surface area contributed by atoms with E-state index in [-0.39, 0.29) is 5.95 Å². The fraction of sp³-hybridized carbons (Fsp3) is 0.188. The summed E-state index contributed by atoms with van der Waals surface area (Å²) in [5, 5.41) is 4.36. The second kappa shape index (κ2) is 5.26. The molecular weight excluding hydrogens is 320 g/mol. The molecule has 0 saturated heterocycles. The van der Waals surface area contributed by atoms with Crippen LogP contribution in [-0.2, 0) is 13.0 Å². The molecule has 1 aliphatic rings. The highest BCUT2D eigenvalue weighted by Crippen LogP contribution is 2.24. The van der Waals surface area contributed by atoms with Crippen molar-refractivity contribution in [2.24, 2.45) is 0 Å². The SMILES string of the molecule is Nc1nc(N2CCc3ncncc3C2)cc2nc(-c3ccco3)nn12. The minimum absolute atomic E-state index is 0.285. The van der Waals surface area contributed by atoms with Gasteiger partial charge in [-0.15, -0.1) is 5.10 Å². The molecule has 0 bridgehead atoms. The third kappa shape index (κ3) is 2.28. The van der Waals surface area contributed by atoms with Crippen molar-refractivity contribution >= 4 is 17.4 Å². The Kier molecular flexibility index (Phi) is 2.93. The number of anilines is 2. The van der Waals surface area contributed by atoms with Crippen LogP contribution in [0.3, 0.4) is 0 Å². The van der Waals surface area contributed by atoms with Gasteiger partial charge in [-0.2, -0.15) is 9.50 Å². The Balaban J connectivity index is 1.54. The molecule has 0 atom stereocenters. The lowest BCUT2D eigenvalue weighted by Gasteiger charge is -2.28. The molecular formula is C16H14N8O. The molecule has 4 aromatic heterocycles. The average molecular weight is 334 g/mol. The monoisotopic (exact) mass is 334 g/mol. The highest BCUT2D eigenvalue weighted by molar-refractivity contribution is 5.60. The highest BCUT2D eigenvalue weighted by atomic mass is 16.3. The van der Waals surface area contributed by atoms with E-state index in [9.17, 15) is 0 Å². The predicted octanol–water partition coefficient (Wildman–Crippen LogP) is 1.32. The quantitative estimate of drug-likeness (QED) is 0.584. The summed E-state index contributed by atoms with van der Waals surface area (Å²) >= 11 is 0. The molecule has 0 radical (unpaired) electrons. The van der Waals surface area contributed by atoms with E-state index in [0.717, 1.165) is 30.0 Å². The summed E-state index contributed by atoms with van der Waals surface area (Å²) in [6.45, 7) is 1.50. The van der Waals surface area contributed by atoms with E-state index in [1.165, 1.54) is 4.52 Å². The van der Waals surface area contributed by atoms with Crippen molar-refractivity contribution < 1.29 is 4.42 Å². The van der Waals surface area contributed by atoms with E-state index in [4.69, 9.17) is 10.2 Å². The molecule has 5 heterocycles. The number of nitrogens with two attached hydrogens (primary N) is 1. The summed E-state index contributed by atoms with van der Waals surface area (Å²) in [7, 11) is 0. The third-order valence-corrected chi connectivity index (χ3v) is 4.26. The number of furan rings is 1. The maximum atomic E-state index is 6.09. The molecule has 0 amide bonds. The van der Waals surface area contributed by atoms with Crippen molar-refractivity contribution in [2.75, 3.05) is 17.2 Å². The van der Waals surface area contributed by atoms with Crippen molar-refractivity contribution in [2.45, 2.75) is 13.0 Å². The number of nitrogen functional groups attached to an aromatic ring is 1. The maximum Gasteiger partial charge on any atom is 0.225 e. The molecule has 4 aromatic rings. The smallest absolute Gasteiger partial charge is 0.225 e. The molecule has 5 rings (SSSR count). The van der Waals surface area contributed by atoms with Gasteiger partial charge in [0.15, 0.2) is 11.4 Å². The first-order chi connectivity index (χ1) is 12.3. The standard InChI is InChI=1S/C16H14N8O/c17-16-21-13(23-4-3-11-10(8-23)7-18-9-19-11)6-14-20-15(22-24(14)16)12-2-1-5-25-12/h1-2,5-7,9H,3-4,8H2,(H2,17,21). The predicted molar refractivity (Wildman–Crippen MR) is 89.7 cm³/mol. The van der Waals surface area contributed by atoms with Gasteiger partial charge in [0, 0.05) is 37.3 Å². The summed E-state index contributed by atoms with van der Waals surface area (Å²) in [5.74, 6) is 2.12. The fourth-order valence-electron chi connectivity index (χ4n) is 3.03. The first kappa shape index (κ1) is 13.9. The largest absolute Gasteiger partial charge is 0.461 e. The van der Waals surface area contributed by atoms with Gasteiger partial charge in [0.1, 0.15) is 12.1 Å². The molecule has 9 nitrogen and oxygen atoms in total. The van der Waals surface area contributed by atoms with Crippen molar-refractivity contribution in [1.29, 1.82) is 0 Å². The van der Waals surface area contributed by atoms with Crippen molar-refractivity contribution in [3.05, 3.63) is 48.2 Å². The van der Waals surface area contributed by atoms with Crippen LogP contribution >= 0.6 is 0 Å². The summed E-state index contributed by atoms with van der Waals surface area (Å²) in [6.07, 6.45) is 5.86. The number of nitrogens with zero attached hydrogens (tertiary/aromatic N) is 7. The highest BCUT2D eigenvalue weighted by Gasteiger charge is 2.20. The van der Waals surface area contributed by atoms with E-state index in [1.54, 1.807) is 24.7 Å². The second-order valence-corrected chi connectivity index (χ2v) is 5.82. The molecule has 9 heteroatoms. The van der Waals surface area contributed by atoms with Crippen molar-refractivity contribution in [3.8, 4) is 11.6 Å². The minimum Gasteiger partial charge on any atom is -0.461 e. The van der Waals surface area contributed by atoms with Gasteiger partial charge in [-0.1, -0.05) is 0 Å². The number of hydrogen-bond donors (Lipinski definition) is 1. The molecule has 0 fully saturated rings. The molecule has 0 unspecified atom stereocenters. The lowest BCUT2D eigenvalue weighted by Crippen LogP contribution is -2.32. The molecule has 124 valence electrons. The van der Waals surface area contributed by atoms with Crippen LogP contribution in [0.15, 0.2) is 41.4 Å². The number of aromatic nitrogens is 6. The van der Waals surface area contributed by atoms with Crippen LogP contribution in [0.5, 0.6) is 0 Å². The van der Waals surface area contributed by atoms with E-state index < -0.39 is 0 Å². The van der Waals surface area contributed by atoms with Gasteiger partial charge in [0.05, 0.1) is 12.0 Å². The summed E-state index contributed by atoms with van der Waals surface area (Å²) < 4.78 is 6.87. The topological polar surface area (TPSA) is 111 Å². The number of hydrogen-bond acceptors (Lipinski definition) is 8. The van der Waals surface area contributed by atoms with Crippen molar-refractivity contribution in [1.82, 2.24) is 29.5 Å². The Labute approximate surface area is 142 Å². The van der Waals surface area contributed by atoms with Crippen LogP contribution in [0.1, 0.15) is 11.3 Å². The van der Waals surface area contributed by atoms with Gasteiger partial charge in [-0.25, -0.2) is 15.0 Å². The first-order valence-corrected chi connectivity index (χ1v) is 7.88. The molecule has 0 saturated carbocycles. The molecule has 0 spiro atoms. The molecule has 25 heavy (non-hydrogen) atoms. The fourth-order valence-corrected chi connectivity index (χ4v) is 3.03. The van der Waals surface area contributed by atoms with Crippen LogP contribution in [0, 0.1) is 0 Å². The summed E-state index contributed by atoms with van der Waals surface area (Å²) in [6, 6.07) is 5.48. The Hall–Kier alpha value is -3.49. The van der Waals surface area contributed by atoms with Gasteiger partial charge in [0.2, 0.25) is 11.8 Å². The zero-order valence-corrected chi connectivity index (χ0v) is 13.2. The number of fused-ring (bicyclic) bond motifs is 2. The first-order valence-electron chi connectivity index (χ1n) is 7.88. The second-order valence-electron chi connectivity index (χ2n) is 5.82. The third-order valence-electron chi connectivity index (χ3n) is 4.26. The van der Waals surface area contributed by atoms with Crippen LogP contribution in [-0.4, -0.2) is 36.1 Å². The zero-order chi connectivity index (χ0) is 16.8. The average Bonchev–Trinajstić information content (AvgIpc) is 3.30. The summed E-state index contributed by atoms with van der Waals surface area (Å²) in [5.41, 5.74) is 8.91. The Morgan fingerprint density at radius 1 is 1.24 bits per heavy atom. The van der Waals surface area contributed by atoms with Crippen LogP contribution < -0.4 is 10.6 Å². The van der Waals surface area contributed by atoms with Gasteiger partial charge in [0.25, 0.3) is 0 Å². The normalized spacial score (nSPS) is 14.0. The maximum absolute atomic E-state index is 6.09. The van der Waals surface area contributed by atoms with Gasteiger partial charge < -0.3 is 15.1 Å². The lowest BCUT2D eigenvalue weighted by molar-refractivity contribution is 0.577. The molecule has 1 aliphatic heterocycles. The van der Waals surface area contributed by atoms with Crippen LogP contribution in [0.25, 0.3) is 17.2 Å². The molecule has 0 aromatic carbocycles. The van der Waals surface area contributed by atoms with Gasteiger partial charge >= 0.3 is 0 Å². The van der Waals surface area contributed by atoms with Crippen LogP contribution in [0.4, 0.5) is 11.8 Å². The molecule has 0 aliphatic carbocycles. The van der Waals surface area contributed by atoms with E-state index >= 15 is 0 Å². The lowest BCUT2D eigenvalue weighted by atomic mass is 10.1. The van der Waals surface area contributed by atoms with Crippen molar-refractivity contribution in [3.63, 3.8) is 0 Å². The zero-order valence-electron chi connectivity index (χ0n) is 13.2. The summed E-state index contributed by atoms with van der Waals surface area (Å²) in [4.78, 5) is 19.6. The van der Waals surface area contributed by atoms with E-state index in [2.05, 4.69) is 29.9 Å². The van der Waals surface area contributed by atoms with E-state index in [1.807, 2.05) is 12.3 Å². The van der Waals surface area contributed by atoms with E-state index in [0.29, 0.717) is 23.8 Å². The van der Waals surface area contributed by atoms with Crippen LogP contribution in [0.2, 0.25) is 0 Å². The number of rotatable bonds is 2. The van der Waals surface area contributed by atoms with Gasteiger partial charge in [-0.05, 0) is 12.1 Å². The Bertz CT molecular complexity index is 1060.